The summed E-state index contributed by atoms with van der Waals surface area (Å²) in [4.78, 5) is 12.6. The van der Waals surface area contributed by atoms with Crippen molar-refractivity contribution in [1.82, 2.24) is 9.13 Å². The van der Waals surface area contributed by atoms with Crippen LogP contribution in [0.1, 0.15) is 0 Å². The summed E-state index contributed by atoms with van der Waals surface area (Å²) in [5.74, 6) is 2.10. The Labute approximate surface area is 125 Å². The minimum Gasteiger partial charge on any atom is -0.280 e. The number of hydrogen-bond acceptors (Lipinski definition) is 1. The Morgan fingerprint density at radius 3 is 2.52 bits per heavy atom. The van der Waals surface area contributed by atoms with Crippen LogP contribution in [-0.4, -0.2) is 9.13 Å². The average molecular weight is 301 g/mol. The number of imidazole rings is 1. The lowest BCUT2D eigenvalue weighted by atomic mass is 10.2. The van der Waals surface area contributed by atoms with Gasteiger partial charge in [-0.3, -0.25) is 9.13 Å². The number of rotatable bonds is 2. The van der Waals surface area contributed by atoms with Crippen LogP contribution in [0, 0.1) is 18.2 Å². The molecule has 0 bridgehead atoms. The number of fused-ring (bicyclic) bond motifs is 1. The molecule has 3 nitrogen and oxygen atoms in total. The summed E-state index contributed by atoms with van der Waals surface area (Å²) in [7, 11) is 0. The highest BCUT2D eigenvalue weighted by Crippen LogP contribution is 2.21. The molecule has 3 rings (SSSR count). The van der Waals surface area contributed by atoms with Crippen LogP contribution in [0.2, 0.25) is 5.02 Å². The monoisotopic (exact) mass is 300 g/mol. The predicted molar refractivity (Wildman–Crippen MR) is 81.3 cm³/mol. The first-order chi connectivity index (χ1) is 10.1. The normalized spacial score (nSPS) is 10.7. The topological polar surface area (TPSA) is 26.9 Å². The van der Waals surface area contributed by atoms with E-state index in [1.165, 1.54) is 33.4 Å². The average Bonchev–Trinajstić information content (AvgIpc) is 2.73. The molecule has 0 spiro atoms. The summed E-state index contributed by atoms with van der Waals surface area (Å²) < 4.78 is 16.0. The highest BCUT2D eigenvalue weighted by molar-refractivity contribution is 6.31. The van der Waals surface area contributed by atoms with Crippen LogP contribution in [0.5, 0.6) is 0 Å². The summed E-state index contributed by atoms with van der Waals surface area (Å²) in [6, 6.07) is 10.8. The maximum Gasteiger partial charge on any atom is 0.334 e. The third kappa shape index (κ3) is 2.22. The van der Waals surface area contributed by atoms with Crippen LogP contribution < -0.4 is 5.69 Å². The zero-order valence-electron chi connectivity index (χ0n) is 10.9. The Kier molecular flexibility index (Phi) is 3.28. The molecule has 0 aliphatic carbocycles. The minimum absolute atomic E-state index is 0.158. The first-order valence-corrected chi connectivity index (χ1v) is 6.60. The van der Waals surface area contributed by atoms with Crippen LogP contribution in [0.25, 0.3) is 16.7 Å². The van der Waals surface area contributed by atoms with E-state index in [1.807, 2.05) is 0 Å². The summed E-state index contributed by atoms with van der Waals surface area (Å²) in [6.07, 6.45) is 5.32. The van der Waals surface area contributed by atoms with E-state index in [1.54, 1.807) is 18.2 Å². The molecule has 0 saturated carbocycles. The lowest BCUT2D eigenvalue weighted by Gasteiger charge is -2.03. The van der Waals surface area contributed by atoms with Crippen LogP contribution in [0.15, 0.2) is 47.3 Å². The second-order valence-electron chi connectivity index (χ2n) is 4.52. The van der Waals surface area contributed by atoms with Gasteiger partial charge in [0.05, 0.1) is 23.3 Å². The molecular formula is C16H10ClFN2O. The fraction of sp³-hybridized carbons (Fsp3) is 0.0625. The van der Waals surface area contributed by atoms with Crippen LogP contribution in [0.3, 0.4) is 0 Å². The minimum atomic E-state index is -0.364. The highest BCUT2D eigenvalue weighted by Gasteiger charge is 2.14. The zero-order chi connectivity index (χ0) is 15.0. The van der Waals surface area contributed by atoms with Gasteiger partial charge >= 0.3 is 5.69 Å². The first-order valence-electron chi connectivity index (χ1n) is 6.22. The van der Waals surface area contributed by atoms with Crippen molar-refractivity contribution in [3.63, 3.8) is 0 Å². The van der Waals surface area contributed by atoms with Crippen LogP contribution in [-0.2, 0) is 6.54 Å². The van der Waals surface area contributed by atoms with Gasteiger partial charge in [0.2, 0.25) is 0 Å². The fourth-order valence-corrected chi connectivity index (χ4v) is 2.48. The maximum atomic E-state index is 13.1. The molecule has 0 unspecified atom stereocenters. The molecule has 104 valence electrons. The van der Waals surface area contributed by atoms with Crippen molar-refractivity contribution in [1.29, 1.82) is 0 Å². The van der Waals surface area contributed by atoms with Gasteiger partial charge in [-0.05, 0) is 42.5 Å². The molecule has 0 aliphatic rings. The highest BCUT2D eigenvalue weighted by atomic mass is 35.5. The number of aromatic nitrogens is 2. The molecule has 0 N–H and O–H groups in total. The molecule has 3 aromatic rings. The SMILES string of the molecule is C#CCn1c(=O)n(-c2ccc(F)cc2)c2cc(Cl)ccc21. The van der Waals surface area contributed by atoms with E-state index in [0.29, 0.717) is 21.7 Å². The Balaban J connectivity index is 2.39. The molecule has 0 fully saturated rings. The van der Waals surface area contributed by atoms with Gasteiger partial charge in [-0.2, -0.15) is 0 Å². The van der Waals surface area contributed by atoms with Gasteiger partial charge in [-0.1, -0.05) is 17.5 Å². The molecule has 0 atom stereocenters. The predicted octanol–water partition coefficient (Wildman–Crippen LogP) is 3.22. The van der Waals surface area contributed by atoms with Crippen molar-refractivity contribution in [3.05, 3.63) is 63.8 Å². The van der Waals surface area contributed by atoms with Crippen molar-refractivity contribution >= 4 is 22.6 Å². The van der Waals surface area contributed by atoms with Gasteiger partial charge < -0.3 is 0 Å². The molecule has 0 radical (unpaired) electrons. The van der Waals surface area contributed by atoms with Crippen molar-refractivity contribution in [2.24, 2.45) is 0 Å². The van der Waals surface area contributed by atoms with Gasteiger partial charge in [0, 0.05) is 5.02 Å². The van der Waals surface area contributed by atoms with E-state index in [4.69, 9.17) is 18.0 Å². The molecule has 1 aromatic heterocycles. The molecule has 1 heterocycles. The van der Waals surface area contributed by atoms with E-state index in [2.05, 4.69) is 5.92 Å². The second kappa shape index (κ2) is 5.12. The third-order valence-electron chi connectivity index (χ3n) is 3.23. The molecule has 0 aliphatic heterocycles. The van der Waals surface area contributed by atoms with E-state index >= 15 is 0 Å². The van der Waals surface area contributed by atoms with E-state index in [9.17, 15) is 9.18 Å². The maximum absolute atomic E-state index is 13.1. The van der Waals surface area contributed by atoms with Gasteiger partial charge in [0.15, 0.2) is 0 Å². The molecule has 0 amide bonds. The lowest BCUT2D eigenvalue weighted by molar-refractivity contribution is 0.627. The number of hydrogen-bond donors (Lipinski definition) is 0. The Hall–Kier alpha value is -2.51. The number of terminal acetylenes is 1. The van der Waals surface area contributed by atoms with Gasteiger partial charge in [0.25, 0.3) is 0 Å². The van der Waals surface area contributed by atoms with E-state index < -0.39 is 0 Å². The number of halogens is 2. The van der Waals surface area contributed by atoms with Gasteiger partial charge in [-0.15, -0.1) is 6.42 Å². The largest absolute Gasteiger partial charge is 0.334 e. The first kappa shape index (κ1) is 13.5. The molecule has 0 saturated heterocycles. The van der Waals surface area contributed by atoms with E-state index in [-0.39, 0.29) is 18.1 Å². The van der Waals surface area contributed by atoms with Gasteiger partial charge in [0.1, 0.15) is 5.82 Å². The van der Waals surface area contributed by atoms with Crippen LogP contribution >= 0.6 is 11.6 Å². The second-order valence-corrected chi connectivity index (χ2v) is 4.95. The summed E-state index contributed by atoms with van der Waals surface area (Å²) in [5, 5.41) is 0.510. The zero-order valence-corrected chi connectivity index (χ0v) is 11.6. The molecular weight excluding hydrogens is 291 g/mol. The lowest BCUT2D eigenvalue weighted by Crippen LogP contribution is -2.22. The Morgan fingerprint density at radius 1 is 1.14 bits per heavy atom. The molecule has 5 heteroatoms. The Morgan fingerprint density at radius 2 is 1.86 bits per heavy atom. The molecule has 21 heavy (non-hydrogen) atoms. The smallest absolute Gasteiger partial charge is 0.280 e. The van der Waals surface area contributed by atoms with Gasteiger partial charge in [-0.25, -0.2) is 9.18 Å². The standard InChI is InChI=1S/C16H10ClFN2O/c1-2-9-19-14-8-3-11(17)10-15(14)20(16(19)21)13-6-4-12(18)5-7-13/h1,3-8,10H,9H2. The van der Waals surface area contributed by atoms with Crippen LogP contribution in [0.4, 0.5) is 4.39 Å². The van der Waals surface area contributed by atoms with Crippen molar-refractivity contribution in [2.45, 2.75) is 6.54 Å². The molecule has 2 aromatic carbocycles. The number of benzene rings is 2. The summed E-state index contributed by atoms with van der Waals surface area (Å²) in [5.41, 5.74) is 1.60. The van der Waals surface area contributed by atoms with E-state index in [0.717, 1.165) is 0 Å². The summed E-state index contributed by atoms with van der Waals surface area (Å²) in [6.45, 7) is 0.158. The summed E-state index contributed by atoms with van der Waals surface area (Å²) >= 11 is 6.02. The quantitative estimate of drug-likeness (QED) is 0.668. The van der Waals surface area contributed by atoms with Crippen molar-refractivity contribution < 1.29 is 4.39 Å². The third-order valence-corrected chi connectivity index (χ3v) is 3.46. The number of nitrogens with zero attached hydrogens (tertiary/aromatic N) is 2. The van der Waals surface area contributed by atoms with Crippen molar-refractivity contribution in [2.75, 3.05) is 0 Å². The van der Waals surface area contributed by atoms with Crippen molar-refractivity contribution in [3.8, 4) is 18.0 Å². The fourth-order valence-electron chi connectivity index (χ4n) is 2.31. The Bertz CT molecular complexity index is 916.